The van der Waals surface area contributed by atoms with Crippen molar-refractivity contribution in [2.45, 2.75) is 18.4 Å². The number of aryl methyl sites for hydroxylation is 1. The molecule has 0 saturated heterocycles. The van der Waals surface area contributed by atoms with E-state index in [-0.39, 0.29) is 27.8 Å². The number of anilines is 2. The fourth-order valence-corrected chi connectivity index (χ4v) is 5.05. The number of carbonyl (C=O) groups is 1. The predicted octanol–water partition coefficient (Wildman–Crippen LogP) is 5.26. The molecule has 0 fully saturated rings. The van der Waals surface area contributed by atoms with Gasteiger partial charge in [-0.05, 0) is 54.4 Å². The molecule has 0 atom stereocenters. The Morgan fingerprint density at radius 3 is 2.43 bits per heavy atom. The van der Waals surface area contributed by atoms with Crippen LogP contribution in [0.2, 0.25) is 5.02 Å². The summed E-state index contributed by atoms with van der Waals surface area (Å²) < 4.78 is 54.5. The maximum atomic E-state index is 14.1. The smallest absolute Gasteiger partial charge is 0.287 e. The number of halogens is 3. The van der Waals surface area contributed by atoms with Crippen molar-refractivity contribution in [1.82, 2.24) is 0 Å². The summed E-state index contributed by atoms with van der Waals surface area (Å²) >= 11 is 6.11. The van der Waals surface area contributed by atoms with Crippen LogP contribution >= 0.6 is 11.6 Å². The van der Waals surface area contributed by atoms with Crippen LogP contribution in [0.25, 0.3) is 0 Å². The molecule has 1 heterocycles. The monoisotopic (exact) mass is 448 g/mol. The molecule has 0 radical (unpaired) electrons. The summed E-state index contributed by atoms with van der Waals surface area (Å²) in [5.41, 5.74) is 0.783. The molecule has 0 spiro atoms. The molecule has 4 rings (SSSR count). The molecule has 0 aliphatic carbocycles. The Kier molecular flexibility index (Phi) is 4.99. The van der Waals surface area contributed by atoms with Crippen LogP contribution in [0, 0.1) is 18.6 Å². The molecule has 1 aliphatic rings. The first-order valence-electron chi connectivity index (χ1n) is 8.86. The summed E-state index contributed by atoms with van der Waals surface area (Å²) in [7, 11) is -4.27. The van der Waals surface area contributed by atoms with Crippen molar-refractivity contribution >= 4 is 39.0 Å². The molecule has 0 bridgehead atoms. The molecular weight excluding hydrogens is 434 g/mol. The minimum Gasteiger partial charge on any atom is -0.287 e. The minimum atomic E-state index is -4.27. The van der Waals surface area contributed by atoms with E-state index in [9.17, 15) is 22.0 Å². The molecule has 30 heavy (non-hydrogen) atoms. The highest BCUT2D eigenvalue weighted by Crippen LogP contribution is 2.38. The van der Waals surface area contributed by atoms with Crippen LogP contribution in [0.3, 0.4) is 0 Å². The fourth-order valence-electron chi connectivity index (χ4n) is 3.24. The second-order valence-electron chi connectivity index (χ2n) is 6.78. The molecule has 0 N–H and O–H groups in total. The van der Waals surface area contributed by atoms with Crippen LogP contribution in [0.1, 0.15) is 11.1 Å². The van der Waals surface area contributed by atoms with Gasteiger partial charge < -0.3 is 0 Å². The summed E-state index contributed by atoms with van der Waals surface area (Å²) in [5, 5.41) is 0.0987. The first kappa shape index (κ1) is 20.3. The van der Waals surface area contributed by atoms with Gasteiger partial charge in [-0.25, -0.2) is 22.0 Å². The van der Waals surface area contributed by atoms with Crippen molar-refractivity contribution in [3.8, 4) is 0 Å². The molecule has 3 aromatic rings. The number of para-hydroxylation sites is 1. The van der Waals surface area contributed by atoms with Crippen LogP contribution in [-0.4, -0.2) is 14.4 Å². The van der Waals surface area contributed by atoms with E-state index in [2.05, 4.69) is 0 Å². The number of benzene rings is 3. The highest BCUT2D eigenvalue weighted by molar-refractivity contribution is 7.94. The lowest BCUT2D eigenvalue weighted by Crippen LogP contribution is -2.50. The second-order valence-corrected chi connectivity index (χ2v) is 8.94. The summed E-state index contributed by atoms with van der Waals surface area (Å²) in [6.45, 7) is 1.43. The average Bonchev–Trinajstić information content (AvgIpc) is 2.69. The normalized spacial score (nSPS) is 15.3. The lowest BCUT2D eigenvalue weighted by molar-refractivity contribution is 0.253. The molecule has 3 aromatic carbocycles. The first-order chi connectivity index (χ1) is 14.2. The van der Waals surface area contributed by atoms with E-state index in [4.69, 9.17) is 11.6 Å². The fraction of sp³-hybridized carbons (Fsp3) is 0.0952. The standard InChI is InChI=1S/C21H15ClF2N2O3S/c1-13-6-9-16(11-18(13)24)26-21(27)25(12-14-7-8-15(23)10-17(14)22)19-4-2-3-5-20(19)30(26,28)29/h2-11H,12H2,1H3. The zero-order valence-corrected chi connectivity index (χ0v) is 17.2. The van der Waals surface area contributed by atoms with Crippen molar-refractivity contribution in [3.05, 3.63) is 88.4 Å². The van der Waals surface area contributed by atoms with Gasteiger partial charge >= 0.3 is 6.03 Å². The van der Waals surface area contributed by atoms with Gasteiger partial charge in [-0.3, -0.25) is 4.90 Å². The molecule has 2 amide bonds. The number of sulfonamides is 1. The van der Waals surface area contributed by atoms with E-state index < -0.39 is 27.7 Å². The SMILES string of the molecule is Cc1ccc(N2C(=O)N(Cc3ccc(F)cc3Cl)c3ccccc3S2(=O)=O)cc1F. The Morgan fingerprint density at radius 1 is 1.00 bits per heavy atom. The topological polar surface area (TPSA) is 57.7 Å². The van der Waals surface area contributed by atoms with Gasteiger partial charge in [0.25, 0.3) is 10.0 Å². The summed E-state index contributed by atoms with van der Waals surface area (Å²) in [6, 6.07) is 12.6. The van der Waals surface area contributed by atoms with E-state index in [0.29, 0.717) is 15.4 Å². The molecule has 1 aliphatic heterocycles. The lowest BCUT2D eigenvalue weighted by atomic mass is 10.2. The van der Waals surface area contributed by atoms with Crippen molar-refractivity contribution in [2.24, 2.45) is 0 Å². The van der Waals surface area contributed by atoms with Gasteiger partial charge in [-0.15, -0.1) is 0 Å². The average molecular weight is 449 g/mol. The zero-order valence-electron chi connectivity index (χ0n) is 15.6. The van der Waals surface area contributed by atoms with E-state index in [1.54, 1.807) is 6.07 Å². The highest BCUT2D eigenvalue weighted by Gasteiger charge is 2.42. The van der Waals surface area contributed by atoms with Crippen LogP contribution in [0.15, 0.2) is 65.6 Å². The third-order valence-corrected chi connectivity index (χ3v) is 6.91. The van der Waals surface area contributed by atoms with E-state index in [1.165, 1.54) is 54.3 Å². The van der Waals surface area contributed by atoms with Crippen LogP contribution in [-0.2, 0) is 16.6 Å². The Balaban J connectivity index is 1.88. The quantitative estimate of drug-likeness (QED) is 0.549. The summed E-state index contributed by atoms with van der Waals surface area (Å²) in [5.74, 6) is -1.17. The number of amides is 2. The van der Waals surface area contributed by atoms with Crippen LogP contribution in [0.4, 0.5) is 25.0 Å². The summed E-state index contributed by atoms with van der Waals surface area (Å²) in [4.78, 5) is 14.4. The van der Waals surface area contributed by atoms with Crippen LogP contribution < -0.4 is 9.21 Å². The van der Waals surface area contributed by atoms with Crippen molar-refractivity contribution in [2.75, 3.05) is 9.21 Å². The highest BCUT2D eigenvalue weighted by atomic mass is 35.5. The Hall–Kier alpha value is -2.97. The van der Waals surface area contributed by atoms with Gasteiger partial charge in [0.05, 0.1) is 17.9 Å². The lowest BCUT2D eigenvalue weighted by Gasteiger charge is -2.36. The predicted molar refractivity (Wildman–Crippen MR) is 110 cm³/mol. The van der Waals surface area contributed by atoms with Gasteiger partial charge in [0.2, 0.25) is 0 Å². The largest absolute Gasteiger partial charge is 0.343 e. The Labute approximate surface area is 177 Å². The zero-order chi connectivity index (χ0) is 21.6. The van der Waals surface area contributed by atoms with Crippen LogP contribution in [0.5, 0.6) is 0 Å². The van der Waals surface area contributed by atoms with Crippen molar-refractivity contribution in [3.63, 3.8) is 0 Å². The number of urea groups is 1. The van der Waals surface area contributed by atoms with E-state index in [1.807, 2.05) is 0 Å². The molecule has 0 unspecified atom stereocenters. The van der Waals surface area contributed by atoms with Gasteiger partial charge in [0.15, 0.2) is 0 Å². The number of carbonyl (C=O) groups excluding carboxylic acids is 1. The minimum absolute atomic E-state index is 0.0987. The van der Waals surface area contributed by atoms with Gasteiger partial charge in [-0.1, -0.05) is 35.9 Å². The Morgan fingerprint density at radius 2 is 1.73 bits per heavy atom. The molecule has 0 saturated carbocycles. The van der Waals surface area contributed by atoms with Crippen molar-refractivity contribution < 1.29 is 22.0 Å². The number of nitrogens with zero attached hydrogens (tertiary/aromatic N) is 2. The number of fused-ring (bicyclic) bond motifs is 1. The van der Waals surface area contributed by atoms with E-state index >= 15 is 0 Å². The third-order valence-electron chi connectivity index (χ3n) is 4.81. The third kappa shape index (κ3) is 3.32. The summed E-state index contributed by atoms with van der Waals surface area (Å²) in [6.07, 6.45) is 0. The molecule has 9 heteroatoms. The van der Waals surface area contributed by atoms with Gasteiger partial charge in [0.1, 0.15) is 16.5 Å². The Bertz CT molecular complexity index is 1280. The number of hydrogen-bond donors (Lipinski definition) is 0. The second kappa shape index (κ2) is 7.37. The number of rotatable bonds is 3. The van der Waals surface area contributed by atoms with E-state index in [0.717, 1.165) is 12.1 Å². The van der Waals surface area contributed by atoms with Gasteiger partial charge in [-0.2, -0.15) is 4.31 Å². The molecule has 154 valence electrons. The first-order valence-corrected chi connectivity index (χ1v) is 10.7. The van der Waals surface area contributed by atoms with Crippen molar-refractivity contribution in [1.29, 1.82) is 0 Å². The van der Waals surface area contributed by atoms with Gasteiger partial charge in [0, 0.05) is 5.02 Å². The molecular formula is C21H15ClF2N2O3S. The number of hydrogen-bond acceptors (Lipinski definition) is 3. The maximum absolute atomic E-state index is 14.1. The maximum Gasteiger partial charge on any atom is 0.343 e. The molecule has 5 nitrogen and oxygen atoms in total. The molecule has 0 aromatic heterocycles.